The first-order chi connectivity index (χ1) is 22.7. The molecule has 48 heavy (non-hydrogen) atoms. The zero-order valence-electron chi connectivity index (χ0n) is 24.8. The summed E-state index contributed by atoms with van der Waals surface area (Å²) in [6.07, 6.45) is -2.46. The topological polar surface area (TPSA) is 140 Å². The Labute approximate surface area is 280 Å². The van der Waals surface area contributed by atoms with E-state index < -0.39 is 75.4 Å². The van der Waals surface area contributed by atoms with E-state index in [1.165, 1.54) is 6.07 Å². The van der Waals surface area contributed by atoms with E-state index in [-0.39, 0.29) is 29.5 Å². The molecule has 1 saturated carbocycles. The average molecular weight is 701 g/mol. The number of halogens is 5. The van der Waals surface area contributed by atoms with Crippen LogP contribution >= 0.6 is 23.2 Å². The predicted octanol–water partition coefficient (Wildman–Crippen LogP) is 5.80. The van der Waals surface area contributed by atoms with Crippen molar-refractivity contribution in [1.82, 2.24) is 15.1 Å². The zero-order valence-corrected chi connectivity index (χ0v) is 26.3. The van der Waals surface area contributed by atoms with Gasteiger partial charge in [0.1, 0.15) is 5.75 Å². The molecule has 2 aliphatic heterocycles. The summed E-state index contributed by atoms with van der Waals surface area (Å²) >= 11 is 12.4. The number of hydrazine groups is 1. The number of amides is 4. The highest BCUT2D eigenvalue weighted by Crippen LogP contribution is 2.64. The number of nitrogens with one attached hydrogen (secondary N) is 1. The van der Waals surface area contributed by atoms with Gasteiger partial charge in [0.15, 0.2) is 5.82 Å². The maximum Gasteiger partial charge on any atom is 0.417 e. The maximum absolute atomic E-state index is 15.0. The molecule has 1 aromatic heterocycles. The minimum Gasteiger partial charge on any atom is -0.508 e. The molecular weight excluding hydrogens is 676 g/mol. The summed E-state index contributed by atoms with van der Waals surface area (Å²) in [7, 11) is 0. The summed E-state index contributed by atoms with van der Waals surface area (Å²) < 4.78 is 40.0. The highest BCUT2D eigenvalue weighted by molar-refractivity contribution is 6.33. The largest absolute Gasteiger partial charge is 0.508 e. The summed E-state index contributed by atoms with van der Waals surface area (Å²) in [5.41, 5.74) is 1.69. The first-order valence-electron chi connectivity index (χ1n) is 14.9. The number of aromatic hydroxyl groups is 1. The Morgan fingerprint density at radius 1 is 0.979 bits per heavy atom. The monoisotopic (exact) mass is 700 g/mol. The molecule has 0 radical (unpaired) electrons. The van der Waals surface area contributed by atoms with Crippen LogP contribution in [0, 0.1) is 30.6 Å². The fourth-order valence-electron chi connectivity index (χ4n) is 8.00. The minimum absolute atomic E-state index is 0.0199. The first-order valence-corrected chi connectivity index (χ1v) is 15.6. The number of aryl methyl sites for hydroxylation is 1. The smallest absolute Gasteiger partial charge is 0.417 e. The standard InChI is InChI=1S/C33H25Cl2F3N4O6/c1-14-10-15(2-9-24(14)43)26-19-7-8-20-25(30(46)42(48)28(20)44)21(19)12-22-29(45)41(31(47)32(22,26)16-3-5-18(34)6-4-16)40-27-23(35)11-17(13-39-27)33(36,37)38/h2-7,9-11,13,20-22,25-26,43,48H,8,12H2,1H3,(H,39,40)/t20-,21+,22-,25-,26-,32+/m0/s1. The van der Waals surface area contributed by atoms with E-state index in [4.69, 9.17) is 23.2 Å². The van der Waals surface area contributed by atoms with Crippen LogP contribution < -0.4 is 5.43 Å². The molecular formula is C33H25Cl2F3N4O6. The fourth-order valence-corrected chi connectivity index (χ4v) is 8.33. The van der Waals surface area contributed by atoms with Crippen molar-refractivity contribution in [1.29, 1.82) is 0 Å². The number of carbonyl (C=O) groups is 4. The number of nitrogens with zero attached hydrogens (tertiary/aromatic N) is 3. The number of phenolic OH excluding ortho intramolecular Hbond substituents is 1. The van der Waals surface area contributed by atoms with Crippen molar-refractivity contribution in [2.45, 2.75) is 37.3 Å². The number of alkyl halides is 3. The van der Waals surface area contributed by atoms with E-state index in [2.05, 4.69) is 10.4 Å². The second-order valence-corrected chi connectivity index (χ2v) is 13.3. The number of benzene rings is 2. The lowest BCUT2D eigenvalue weighted by Crippen LogP contribution is -2.53. The number of carbonyl (C=O) groups excluding carboxylic acids is 4. The van der Waals surface area contributed by atoms with E-state index in [1.54, 1.807) is 49.4 Å². The molecule has 2 aliphatic carbocycles. The summed E-state index contributed by atoms with van der Waals surface area (Å²) in [4.78, 5) is 59.5. The summed E-state index contributed by atoms with van der Waals surface area (Å²) in [5, 5.41) is 21.4. The normalized spacial score (nSPS) is 28.3. The summed E-state index contributed by atoms with van der Waals surface area (Å²) in [5.74, 6) is -8.29. The Hall–Kier alpha value is -4.46. The quantitative estimate of drug-likeness (QED) is 0.176. The number of allylic oxidation sites excluding steroid dienone is 2. The van der Waals surface area contributed by atoms with Crippen molar-refractivity contribution in [3.05, 3.63) is 98.7 Å². The van der Waals surface area contributed by atoms with Crippen molar-refractivity contribution >= 4 is 52.6 Å². The number of hydroxylamine groups is 2. The number of rotatable bonds is 4. The first kappa shape index (κ1) is 32.1. The number of fused-ring (bicyclic) bond motifs is 4. The van der Waals surface area contributed by atoms with Crippen LogP contribution in [0.25, 0.3) is 0 Å². The van der Waals surface area contributed by atoms with Crippen LogP contribution in [-0.2, 0) is 30.8 Å². The van der Waals surface area contributed by atoms with Gasteiger partial charge >= 0.3 is 6.18 Å². The van der Waals surface area contributed by atoms with E-state index in [9.17, 15) is 37.9 Å². The molecule has 0 bridgehead atoms. The lowest BCUT2D eigenvalue weighted by molar-refractivity contribution is -0.173. The third kappa shape index (κ3) is 4.55. The van der Waals surface area contributed by atoms with Gasteiger partial charge in [-0.1, -0.05) is 59.1 Å². The van der Waals surface area contributed by atoms with Gasteiger partial charge in [0.2, 0.25) is 0 Å². The zero-order chi connectivity index (χ0) is 34.4. The molecule has 10 nitrogen and oxygen atoms in total. The number of pyridine rings is 1. The number of aromatic nitrogens is 1. The molecule has 15 heteroatoms. The van der Waals surface area contributed by atoms with Crippen molar-refractivity contribution in [2.24, 2.45) is 23.7 Å². The molecule has 7 rings (SSSR count). The SMILES string of the molecule is Cc1cc([C@H]2C3=CC[C@@H]4C(=O)N(O)C(=O)[C@@H]4[C@@H]3C[C@H]3C(=O)N(Nc4ncc(C(F)(F)F)cc4Cl)C(=O)[C@@]23c2ccc(Cl)cc2)ccc1O. The van der Waals surface area contributed by atoms with E-state index in [0.717, 1.165) is 0 Å². The Kier molecular flexibility index (Phi) is 7.38. The third-order valence-corrected chi connectivity index (χ3v) is 10.6. The lowest BCUT2D eigenvalue weighted by Gasteiger charge is -2.50. The number of hydrogen-bond donors (Lipinski definition) is 3. The van der Waals surface area contributed by atoms with Gasteiger partial charge in [0.25, 0.3) is 23.6 Å². The van der Waals surface area contributed by atoms with E-state index >= 15 is 4.79 Å². The second-order valence-electron chi connectivity index (χ2n) is 12.5. The van der Waals surface area contributed by atoms with Gasteiger partial charge in [-0.3, -0.25) is 29.8 Å². The van der Waals surface area contributed by atoms with Crippen LogP contribution in [0.2, 0.25) is 10.0 Å². The highest BCUT2D eigenvalue weighted by Gasteiger charge is 2.70. The van der Waals surface area contributed by atoms with E-state index in [0.29, 0.717) is 44.6 Å². The molecule has 3 fully saturated rings. The van der Waals surface area contributed by atoms with Crippen LogP contribution in [0.15, 0.2) is 66.4 Å². The number of anilines is 1. The van der Waals surface area contributed by atoms with Gasteiger partial charge in [0, 0.05) is 17.1 Å². The predicted molar refractivity (Wildman–Crippen MR) is 163 cm³/mol. The molecule has 4 amide bonds. The fraction of sp³-hybridized carbons (Fsp3) is 0.303. The molecule has 6 atom stereocenters. The van der Waals surface area contributed by atoms with Crippen LogP contribution in [0.5, 0.6) is 5.75 Å². The van der Waals surface area contributed by atoms with E-state index in [1.807, 2.05) is 0 Å². The summed E-state index contributed by atoms with van der Waals surface area (Å²) in [6, 6.07) is 11.7. The average Bonchev–Trinajstić information content (AvgIpc) is 3.39. The second kappa shape index (κ2) is 11.0. The Morgan fingerprint density at radius 2 is 1.69 bits per heavy atom. The minimum atomic E-state index is -4.75. The van der Waals surface area contributed by atoms with Crippen LogP contribution in [0.4, 0.5) is 19.0 Å². The molecule has 3 N–H and O–H groups in total. The third-order valence-electron chi connectivity index (χ3n) is 10.1. The van der Waals surface area contributed by atoms with Gasteiger partial charge in [-0.15, -0.1) is 0 Å². The van der Waals surface area contributed by atoms with Crippen LogP contribution in [-0.4, -0.2) is 49.0 Å². The van der Waals surface area contributed by atoms with Gasteiger partial charge in [-0.25, -0.2) is 4.98 Å². The van der Waals surface area contributed by atoms with Crippen molar-refractivity contribution in [3.8, 4) is 5.75 Å². The Bertz CT molecular complexity index is 1950. The molecule has 3 aromatic rings. The highest BCUT2D eigenvalue weighted by atomic mass is 35.5. The molecule has 0 spiro atoms. The van der Waals surface area contributed by atoms with Crippen LogP contribution in [0.1, 0.15) is 41.0 Å². The molecule has 4 aliphatic rings. The molecule has 3 heterocycles. The molecule has 248 valence electrons. The maximum atomic E-state index is 15.0. The molecule has 2 aromatic carbocycles. The van der Waals surface area contributed by atoms with Gasteiger partial charge < -0.3 is 5.11 Å². The summed E-state index contributed by atoms with van der Waals surface area (Å²) in [6.45, 7) is 1.66. The molecule has 0 unspecified atom stereocenters. The number of hydrogen-bond acceptors (Lipinski definition) is 8. The van der Waals surface area contributed by atoms with Crippen molar-refractivity contribution < 1.29 is 42.7 Å². The molecule has 2 saturated heterocycles. The number of phenols is 1. The van der Waals surface area contributed by atoms with Crippen LogP contribution in [0.3, 0.4) is 0 Å². The lowest BCUT2D eigenvalue weighted by atomic mass is 9.49. The van der Waals surface area contributed by atoms with Gasteiger partial charge in [-0.2, -0.15) is 23.2 Å². The Balaban J connectivity index is 1.44. The van der Waals surface area contributed by atoms with Crippen molar-refractivity contribution in [3.63, 3.8) is 0 Å². The van der Waals surface area contributed by atoms with Crippen molar-refractivity contribution in [2.75, 3.05) is 5.43 Å². The number of imide groups is 2. The Morgan fingerprint density at radius 3 is 2.33 bits per heavy atom. The van der Waals surface area contributed by atoms with Gasteiger partial charge in [-0.05, 0) is 66.6 Å². The van der Waals surface area contributed by atoms with Gasteiger partial charge in [0.05, 0.1) is 33.8 Å².